The molecule has 0 saturated carbocycles. The highest BCUT2D eigenvalue weighted by atomic mass is 14.9. The van der Waals surface area contributed by atoms with Crippen molar-refractivity contribution in [1.82, 2.24) is 15.3 Å². The molecule has 1 aromatic rings. The van der Waals surface area contributed by atoms with Gasteiger partial charge in [-0.1, -0.05) is 20.8 Å². The van der Waals surface area contributed by atoms with E-state index in [-0.39, 0.29) is 0 Å². The summed E-state index contributed by atoms with van der Waals surface area (Å²) in [5.74, 6) is 1.59. The minimum atomic E-state index is 0.527. The summed E-state index contributed by atoms with van der Waals surface area (Å²) in [4.78, 5) is 8.87. The predicted molar refractivity (Wildman–Crippen MR) is 76.7 cm³/mol. The lowest BCUT2D eigenvalue weighted by Crippen LogP contribution is -2.33. The van der Waals surface area contributed by atoms with Crippen LogP contribution in [0.3, 0.4) is 0 Å². The molecule has 1 N–H and O–H groups in total. The molecule has 0 bridgehead atoms. The van der Waals surface area contributed by atoms with Crippen molar-refractivity contribution in [3.05, 3.63) is 23.3 Å². The summed E-state index contributed by atoms with van der Waals surface area (Å²) < 4.78 is 0. The van der Waals surface area contributed by atoms with E-state index in [0.29, 0.717) is 12.0 Å². The molecule has 0 spiro atoms. The highest BCUT2D eigenvalue weighted by Crippen LogP contribution is 2.11. The highest BCUT2D eigenvalue weighted by Gasteiger charge is 2.12. The summed E-state index contributed by atoms with van der Waals surface area (Å²) in [7, 11) is 0. The Morgan fingerprint density at radius 3 is 2.50 bits per heavy atom. The summed E-state index contributed by atoms with van der Waals surface area (Å²) in [6, 6.07) is 2.63. The van der Waals surface area contributed by atoms with Crippen molar-refractivity contribution in [1.29, 1.82) is 0 Å². The van der Waals surface area contributed by atoms with Gasteiger partial charge in [-0.05, 0) is 45.2 Å². The average Bonchev–Trinajstić information content (AvgIpc) is 2.23. The Balaban J connectivity index is 2.68. The molecule has 0 amide bonds. The zero-order valence-corrected chi connectivity index (χ0v) is 12.5. The molecule has 0 aromatic carbocycles. The van der Waals surface area contributed by atoms with Crippen LogP contribution in [0.25, 0.3) is 0 Å². The maximum Gasteiger partial charge on any atom is 0.125 e. The number of aryl methyl sites for hydroxylation is 2. The molecule has 0 aliphatic heterocycles. The van der Waals surface area contributed by atoms with Gasteiger partial charge in [-0.3, -0.25) is 0 Å². The molecule has 1 aromatic heterocycles. The fourth-order valence-electron chi connectivity index (χ4n) is 2.31. The van der Waals surface area contributed by atoms with E-state index < -0.39 is 0 Å². The Hall–Kier alpha value is -0.960. The molecule has 1 unspecified atom stereocenters. The number of rotatable bonds is 7. The molecular formula is C15H27N3. The molecule has 1 rings (SSSR count). The van der Waals surface area contributed by atoms with Gasteiger partial charge in [0, 0.05) is 23.9 Å². The van der Waals surface area contributed by atoms with E-state index in [4.69, 9.17) is 0 Å². The molecule has 1 atom stereocenters. The zero-order chi connectivity index (χ0) is 13.5. The molecule has 0 radical (unpaired) electrons. The molecule has 18 heavy (non-hydrogen) atoms. The Labute approximate surface area is 111 Å². The Kier molecular flexibility index (Phi) is 6.27. The topological polar surface area (TPSA) is 37.8 Å². The smallest absolute Gasteiger partial charge is 0.125 e. The third kappa shape index (κ3) is 5.58. The van der Waals surface area contributed by atoms with Crippen molar-refractivity contribution >= 4 is 0 Å². The normalized spacial score (nSPS) is 13.0. The number of nitrogens with one attached hydrogen (secondary N) is 1. The lowest BCUT2D eigenvalue weighted by Gasteiger charge is -2.20. The van der Waals surface area contributed by atoms with Gasteiger partial charge >= 0.3 is 0 Å². The first kappa shape index (κ1) is 15.1. The summed E-state index contributed by atoms with van der Waals surface area (Å²) in [5, 5.41) is 3.63. The maximum absolute atomic E-state index is 4.54. The molecule has 3 heteroatoms. The quantitative estimate of drug-likeness (QED) is 0.807. The second-order valence-electron chi connectivity index (χ2n) is 5.53. The van der Waals surface area contributed by atoms with E-state index in [1.807, 2.05) is 13.8 Å². The molecule has 1 heterocycles. The van der Waals surface area contributed by atoms with E-state index in [9.17, 15) is 0 Å². The van der Waals surface area contributed by atoms with E-state index in [0.717, 1.165) is 30.2 Å². The Bertz CT molecular complexity index is 341. The fraction of sp³-hybridized carbons (Fsp3) is 0.733. The number of aromatic nitrogens is 2. The van der Waals surface area contributed by atoms with Crippen molar-refractivity contribution in [2.24, 2.45) is 5.92 Å². The minimum absolute atomic E-state index is 0.527. The van der Waals surface area contributed by atoms with Crippen molar-refractivity contribution in [2.45, 2.75) is 59.9 Å². The third-order valence-corrected chi connectivity index (χ3v) is 2.91. The molecule has 102 valence electrons. The number of nitrogens with zero attached hydrogens (tertiary/aromatic N) is 2. The van der Waals surface area contributed by atoms with E-state index >= 15 is 0 Å². The van der Waals surface area contributed by atoms with E-state index in [2.05, 4.69) is 42.1 Å². The SMILES string of the molecule is CCCNC(Cc1cc(C)nc(C)n1)CC(C)C. The van der Waals surface area contributed by atoms with Crippen LogP contribution in [0.5, 0.6) is 0 Å². The lowest BCUT2D eigenvalue weighted by molar-refractivity contribution is 0.413. The van der Waals surface area contributed by atoms with Gasteiger partial charge in [0.1, 0.15) is 5.82 Å². The van der Waals surface area contributed by atoms with Gasteiger partial charge in [0.05, 0.1) is 0 Å². The summed E-state index contributed by atoms with van der Waals surface area (Å²) in [5.41, 5.74) is 2.23. The first-order chi connectivity index (χ1) is 8.51. The van der Waals surface area contributed by atoms with Gasteiger partial charge in [0.2, 0.25) is 0 Å². The fourth-order valence-corrected chi connectivity index (χ4v) is 2.31. The van der Waals surface area contributed by atoms with E-state index in [1.54, 1.807) is 0 Å². The van der Waals surface area contributed by atoms with Crippen molar-refractivity contribution in [3.8, 4) is 0 Å². The monoisotopic (exact) mass is 249 g/mol. The van der Waals surface area contributed by atoms with Crippen LogP contribution in [0.2, 0.25) is 0 Å². The number of hydrogen-bond donors (Lipinski definition) is 1. The van der Waals surface area contributed by atoms with Gasteiger partial charge in [-0.15, -0.1) is 0 Å². The summed E-state index contributed by atoms with van der Waals surface area (Å²) >= 11 is 0. The van der Waals surface area contributed by atoms with Crippen LogP contribution < -0.4 is 5.32 Å². The van der Waals surface area contributed by atoms with Crippen molar-refractivity contribution in [3.63, 3.8) is 0 Å². The predicted octanol–water partition coefficient (Wildman–Crippen LogP) is 3.05. The van der Waals surface area contributed by atoms with Crippen LogP contribution in [-0.2, 0) is 6.42 Å². The van der Waals surface area contributed by atoms with Crippen LogP contribution >= 0.6 is 0 Å². The van der Waals surface area contributed by atoms with Crippen LogP contribution in [-0.4, -0.2) is 22.6 Å². The molecule has 0 saturated heterocycles. The van der Waals surface area contributed by atoms with Gasteiger partial charge in [-0.2, -0.15) is 0 Å². The first-order valence-corrected chi connectivity index (χ1v) is 7.05. The number of hydrogen-bond acceptors (Lipinski definition) is 3. The van der Waals surface area contributed by atoms with Crippen molar-refractivity contribution < 1.29 is 0 Å². The maximum atomic E-state index is 4.54. The minimum Gasteiger partial charge on any atom is -0.314 e. The van der Waals surface area contributed by atoms with Gasteiger partial charge in [-0.25, -0.2) is 9.97 Å². The van der Waals surface area contributed by atoms with Gasteiger partial charge < -0.3 is 5.32 Å². The Morgan fingerprint density at radius 1 is 1.22 bits per heavy atom. The van der Waals surface area contributed by atoms with Crippen LogP contribution in [0.4, 0.5) is 0 Å². The molecular weight excluding hydrogens is 222 g/mol. The molecule has 0 aliphatic carbocycles. The standard InChI is InChI=1S/C15H27N3/c1-6-7-16-14(8-11(2)3)10-15-9-12(4)17-13(5)18-15/h9,11,14,16H,6-8,10H2,1-5H3. The summed E-state index contributed by atoms with van der Waals surface area (Å²) in [6.07, 6.45) is 3.38. The second-order valence-corrected chi connectivity index (χ2v) is 5.53. The van der Waals surface area contributed by atoms with Crippen molar-refractivity contribution in [2.75, 3.05) is 6.54 Å². The Morgan fingerprint density at radius 2 is 1.94 bits per heavy atom. The van der Waals surface area contributed by atoms with E-state index in [1.165, 1.54) is 12.8 Å². The third-order valence-electron chi connectivity index (χ3n) is 2.91. The lowest BCUT2D eigenvalue weighted by atomic mass is 9.99. The summed E-state index contributed by atoms with van der Waals surface area (Å²) in [6.45, 7) is 11.8. The van der Waals surface area contributed by atoms with Crippen LogP contribution in [0.1, 0.15) is 50.8 Å². The average molecular weight is 249 g/mol. The van der Waals surface area contributed by atoms with Gasteiger partial charge in [0.25, 0.3) is 0 Å². The van der Waals surface area contributed by atoms with Crippen LogP contribution in [0, 0.1) is 19.8 Å². The second kappa shape index (κ2) is 7.47. The largest absolute Gasteiger partial charge is 0.314 e. The highest BCUT2D eigenvalue weighted by molar-refractivity contribution is 5.10. The molecule has 0 fully saturated rings. The van der Waals surface area contributed by atoms with Crippen LogP contribution in [0.15, 0.2) is 6.07 Å². The van der Waals surface area contributed by atoms with Gasteiger partial charge in [0.15, 0.2) is 0 Å². The zero-order valence-electron chi connectivity index (χ0n) is 12.5. The molecule has 0 aliphatic rings. The first-order valence-electron chi connectivity index (χ1n) is 7.05. The molecule has 3 nitrogen and oxygen atoms in total.